The monoisotopic (exact) mass is 440 g/mol. The van der Waals surface area contributed by atoms with Gasteiger partial charge in [0.05, 0.1) is 31.5 Å². The number of rotatable bonds is 7. The van der Waals surface area contributed by atoms with Gasteiger partial charge in [-0.3, -0.25) is 0 Å². The molecule has 3 heterocycles. The van der Waals surface area contributed by atoms with Crippen molar-refractivity contribution in [2.45, 2.75) is 6.92 Å². The molecule has 3 aromatic rings. The zero-order valence-electron chi connectivity index (χ0n) is 18.4. The highest BCUT2D eigenvalue weighted by molar-refractivity contribution is 7.17. The average molecular weight is 441 g/mol. The van der Waals surface area contributed by atoms with E-state index in [4.69, 9.17) is 24.2 Å². The molecule has 2 aromatic heterocycles. The van der Waals surface area contributed by atoms with Crippen LogP contribution in [-0.2, 0) is 0 Å². The topological polar surface area (TPSA) is 60.0 Å². The lowest BCUT2D eigenvalue weighted by Gasteiger charge is -2.34. The molecular weight excluding hydrogens is 412 g/mol. The van der Waals surface area contributed by atoms with Crippen LogP contribution in [-0.4, -0.2) is 68.9 Å². The Labute approximate surface area is 186 Å². The summed E-state index contributed by atoms with van der Waals surface area (Å²) in [5, 5.41) is 2.08. The second kappa shape index (κ2) is 9.53. The maximum atomic E-state index is 5.46. The summed E-state index contributed by atoms with van der Waals surface area (Å²) in [6.07, 6.45) is 3.90. The number of nitrogens with zero attached hydrogens (tertiary/aromatic N) is 4. The summed E-state index contributed by atoms with van der Waals surface area (Å²) < 4.78 is 17.5. The van der Waals surface area contributed by atoms with E-state index in [1.54, 1.807) is 32.7 Å². The molecule has 0 aliphatic carbocycles. The van der Waals surface area contributed by atoms with Gasteiger partial charge in [-0.2, -0.15) is 0 Å². The number of benzene rings is 1. The minimum atomic E-state index is 0.576. The van der Waals surface area contributed by atoms with Gasteiger partial charge >= 0.3 is 0 Å². The predicted octanol–water partition coefficient (Wildman–Crippen LogP) is 4.03. The Balaban J connectivity index is 1.66. The molecule has 1 aliphatic rings. The number of likely N-dealkylation sites (N-methyl/N-ethyl adjacent to an activating group) is 1. The second-order valence-electron chi connectivity index (χ2n) is 7.25. The number of piperazine rings is 1. The van der Waals surface area contributed by atoms with Gasteiger partial charge in [-0.05, 0) is 41.8 Å². The minimum Gasteiger partial charge on any atom is -0.493 e. The molecule has 0 unspecified atom stereocenters. The van der Waals surface area contributed by atoms with Gasteiger partial charge in [0.1, 0.15) is 0 Å². The normalized spacial score (nSPS) is 15.0. The van der Waals surface area contributed by atoms with E-state index in [-0.39, 0.29) is 0 Å². The van der Waals surface area contributed by atoms with Crippen molar-refractivity contribution in [1.29, 1.82) is 0 Å². The highest BCUT2D eigenvalue weighted by Gasteiger charge is 2.20. The molecule has 31 heavy (non-hydrogen) atoms. The van der Waals surface area contributed by atoms with Crippen LogP contribution in [0.25, 0.3) is 22.4 Å². The standard InChI is InChI=1S/C23H28N4O3S/c1-5-26-9-11-27(12-10-26)23-22-17(8-13-31-22)24-20(25-23)7-6-16-14-18(28-2)21(30-4)19(15-16)29-3/h6-8,13-15H,5,9-12H2,1-4H3/b7-6+. The molecule has 0 amide bonds. The van der Waals surface area contributed by atoms with Crippen molar-refractivity contribution >= 4 is 39.5 Å². The van der Waals surface area contributed by atoms with Crippen molar-refractivity contribution in [3.05, 3.63) is 35.0 Å². The molecule has 0 N–H and O–H groups in total. The number of anilines is 1. The Bertz CT molecular complexity index is 1050. The first-order chi connectivity index (χ1) is 15.2. The number of ether oxygens (including phenoxy) is 3. The van der Waals surface area contributed by atoms with Crippen LogP contribution >= 0.6 is 11.3 Å². The number of fused-ring (bicyclic) bond motifs is 1. The lowest BCUT2D eigenvalue weighted by atomic mass is 10.1. The summed E-state index contributed by atoms with van der Waals surface area (Å²) >= 11 is 1.70. The van der Waals surface area contributed by atoms with E-state index in [1.165, 1.54) is 0 Å². The molecule has 1 aromatic carbocycles. The van der Waals surface area contributed by atoms with Crippen LogP contribution in [0.1, 0.15) is 18.3 Å². The zero-order valence-corrected chi connectivity index (χ0v) is 19.2. The Hall–Kier alpha value is -2.84. The van der Waals surface area contributed by atoms with Crippen LogP contribution in [0.4, 0.5) is 5.82 Å². The third-order valence-corrected chi connectivity index (χ3v) is 6.43. The fraction of sp³-hybridized carbons (Fsp3) is 0.391. The van der Waals surface area contributed by atoms with Gasteiger partial charge in [-0.1, -0.05) is 13.0 Å². The summed E-state index contributed by atoms with van der Waals surface area (Å²) in [6, 6.07) is 5.88. The third kappa shape index (κ3) is 4.45. The van der Waals surface area contributed by atoms with E-state index in [2.05, 4.69) is 28.2 Å². The number of hydrogen-bond donors (Lipinski definition) is 0. The van der Waals surface area contributed by atoms with E-state index in [9.17, 15) is 0 Å². The first kappa shape index (κ1) is 21.4. The fourth-order valence-corrected chi connectivity index (χ4v) is 4.65. The molecule has 1 fully saturated rings. The van der Waals surface area contributed by atoms with Crippen LogP contribution in [0.5, 0.6) is 17.2 Å². The molecule has 0 bridgehead atoms. The molecule has 0 atom stereocenters. The largest absolute Gasteiger partial charge is 0.493 e. The lowest BCUT2D eigenvalue weighted by molar-refractivity contribution is 0.271. The molecule has 0 spiro atoms. The van der Waals surface area contributed by atoms with Crippen molar-refractivity contribution in [2.75, 3.05) is 59.0 Å². The van der Waals surface area contributed by atoms with Gasteiger partial charge < -0.3 is 24.0 Å². The van der Waals surface area contributed by atoms with Crippen molar-refractivity contribution in [3.8, 4) is 17.2 Å². The summed E-state index contributed by atoms with van der Waals surface area (Å²) in [7, 11) is 4.83. The first-order valence-electron chi connectivity index (χ1n) is 10.4. The van der Waals surface area contributed by atoms with E-state index >= 15 is 0 Å². The van der Waals surface area contributed by atoms with Gasteiger partial charge in [-0.25, -0.2) is 9.97 Å². The number of thiophene rings is 1. The molecule has 8 heteroatoms. The Morgan fingerprint density at radius 1 is 0.968 bits per heavy atom. The maximum absolute atomic E-state index is 5.46. The van der Waals surface area contributed by atoms with Crippen LogP contribution in [0.15, 0.2) is 23.6 Å². The Kier molecular flexibility index (Phi) is 6.58. The van der Waals surface area contributed by atoms with E-state index in [1.807, 2.05) is 24.3 Å². The molecule has 4 rings (SSSR count). The second-order valence-corrected chi connectivity index (χ2v) is 8.17. The quantitative estimate of drug-likeness (QED) is 0.550. The summed E-state index contributed by atoms with van der Waals surface area (Å²) in [5.41, 5.74) is 1.90. The van der Waals surface area contributed by atoms with Crippen LogP contribution in [0, 0.1) is 0 Å². The molecule has 7 nitrogen and oxygen atoms in total. The van der Waals surface area contributed by atoms with Crippen LogP contribution < -0.4 is 19.1 Å². The first-order valence-corrected chi connectivity index (χ1v) is 11.3. The molecule has 0 saturated carbocycles. The van der Waals surface area contributed by atoms with E-state index in [0.717, 1.165) is 54.3 Å². The minimum absolute atomic E-state index is 0.576. The molecule has 1 aliphatic heterocycles. The molecule has 164 valence electrons. The highest BCUT2D eigenvalue weighted by Crippen LogP contribution is 2.38. The lowest BCUT2D eigenvalue weighted by Crippen LogP contribution is -2.46. The Morgan fingerprint density at radius 2 is 1.68 bits per heavy atom. The molecule has 0 radical (unpaired) electrons. The average Bonchev–Trinajstić information content (AvgIpc) is 3.30. The number of aromatic nitrogens is 2. The van der Waals surface area contributed by atoms with Crippen molar-refractivity contribution in [3.63, 3.8) is 0 Å². The number of methoxy groups -OCH3 is 3. The highest BCUT2D eigenvalue weighted by atomic mass is 32.1. The summed E-state index contributed by atoms with van der Waals surface area (Å²) in [6.45, 7) is 7.38. The van der Waals surface area contributed by atoms with E-state index in [0.29, 0.717) is 23.1 Å². The van der Waals surface area contributed by atoms with Crippen molar-refractivity contribution < 1.29 is 14.2 Å². The SMILES string of the molecule is CCN1CCN(c2nc(/C=C/c3cc(OC)c(OC)c(OC)c3)nc3ccsc23)CC1. The summed E-state index contributed by atoms with van der Waals surface area (Å²) in [5.74, 6) is 3.52. The van der Waals surface area contributed by atoms with Crippen LogP contribution in [0.3, 0.4) is 0 Å². The van der Waals surface area contributed by atoms with Crippen molar-refractivity contribution in [1.82, 2.24) is 14.9 Å². The zero-order chi connectivity index (χ0) is 21.8. The number of hydrogen-bond acceptors (Lipinski definition) is 8. The summed E-state index contributed by atoms with van der Waals surface area (Å²) in [4.78, 5) is 14.5. The maximum Gasteiger partial charge on any atom is 0.203 e. The van der Waals surface area contributed by atoms with Crippen LogP contribution in [0.2, 0.25) is 0 Å². The Morgan fingerprint density at radius 3 is 2.29 bits per heavy atom. The van der Waals surface area contributed by atoms with Gasteiger partial charge in [-0.15, -0.1) is 11.3 Å². The predicted molar refractivity (Wildman–Crippen MR) is 127 cm³/mol. The van der Waals surface area contributed by atoms with Crippen molar-refractivity contribution in [2.24, 2.45) is 0 Å². The van der Waals surface area contributed by atoms with Gasteiger partial charge in [0.25, 0.3) is 0 Å². The fourth-order valence-electron chi connectivity index (χ4n) is 3.80. The van der Waals surface area contributed by atoms with Gasteiger partial charge in [0.2, 0.25) is 5.75 Å². The smallest absolute Gasteiger partial charge is 0.203 e. The van der Waals surface area contributed by atoms with E-state index < -0.39 is 0 Å². The third-order valence-electron chi connectivity index (χ3n) is 5.53. The van der Waals surface area contributed by atoms with Gasteiger partial charge in [0, 0.05) is 26.2 Å². The molecule has 1 saturated heterocycles. The van der Waals surface area contributed by atoms with Gasteiger partial charge in [0.15, 0.2) is 23.1 Å². The molecular formula is C23H28N4O3S.